The molecule has 2 aromatic rings. The highest BCUT2D eigenvalue weighted by molar-refractivity contribution is 5.85. The topological polar surface area (TPSA) is 74.4 Å². The monoisotopic (exact) mass is 364 g/mol. The van der Waals surface area contributed by atoms with Crippen molar-refractivity contribution in [3.63, 3.8) is 0 Å². The molecule has 1 aromatic carbocycles. The van der Waals surface area contributed by atoms with Gasteiger partial charge in [0.1, 0.15) is 11.8 Å². The van der Waals surface area contributed by atoms with Crippen LogP contribution < -0.4 is 10.5 Å². The Balaban J connectivity index is 0.00000312. The van der Waals surface area contributed by atoms with Crippen LogP contribution in [0.2, 0.25) is 0 Å². The number of pyridine rings is 1. The van der Waals surface area contributed by atoms with Gasteiger partial charge in [-0.1, -0.05) is 25.1 Å². The van der Waals surface area contributed by atoms with Crippen LogP contribution in [-0.2, 0) is 28.8 Å². The molecule has 0 aliphatic heterocycles. The number of esters is 1. The molecule has 0 saturated heterocycles. The number of methoxy groups -OCH3 is 1. The van der Waals surface area contributed by atoms with Crippen LogP contribution in [0.15, 0.2) is 42.6 Å². The number of benzene rings is 1. The van der Waals surface area contributed by atoms with Gasteiger partial charge >= 0.3 is 5.97 Å². The van der Waals surface area contributed by atoms with E-state index >= 15 is 0 Å². The van der Waals surface area contributed by atoms with Gasteiger partial charge < -0.3 is 15.2 Å². The first-order valence-electron chi connectivity index (χ1n) is 8.11. The molecule has 1 atom stereocenters. The minimum Gasteiger partial charge on any atom is -0.493 e. The van der Waals surface area contributed by atoms with Crippen LogP contribution in [0.4, 0.5) is 0 Å². The lowest BCUT2D eigenvalue weighted by molar-refractivity contribution is -0.142. The molecular weight excluding hydrogens is 340 g/mol. The lowest BCUT2D eigenvalue weighted by Gasteiger charge is -2.10. The van der Waals surface area contributed by atoms with E-state index in [-0.39, 0.29) is 12.4 Å². The Bertz CT molecular complexity index is 645. The molecule has 0 bridgehead atoms. The molecule has 1 heterocycles. The maximum Gasteiger partial charge on any atom is 0.322 e. The highest BCUT2D eigenvalue weighted by Gasteiger charge is 2.13. The maximum atomic E-state index is 11.3. The van der Waals surface area contributed by atoms with Crippen LogP contribution in [0.3, 0.4) is 0 Å². The van der Waals surface area contributed by atoms with Crippen LogP contribution in [0.1, 0.15) is 23.7 Å². The summed E-state index contributed by atoms with van der Waals surface area (Å²) in [6, 6.07) is 11.1. The fourth-order valence-corrected chi connectivity index (χ4v) is 2.30. The molecule has 0 amide bonds. The molecule has 1 unspecified atom stereocenters. The molecule has 0 aliphatic carbocycles. The predicted octanol–water partition coefficient (Wildman–Crippen LogP) is 2.73. The zero-order valence-corrected chi connectivity index (χ0v) is 15.4. The molecule has 5 nitrogen and oxygen atoms in total. The standard InChI is InChI=1S/C19H24N2O3.ClH/c1-3-14-4-7-16(21-13-14)10-11-24-17-8-5-15(6-9-17)12-18(20)19(22)23-2;/h4-9,13,18H,3,10-12,20H2,1-2H3;1H. The summed E-state index contributed by atoms with van der Waals surface area (Å²) in [5.74, 6) is 0.382. The second-order valence-corrected chi connectivity index (χ2v) is 5.59. The molecule has 0 saturated carbocycles. The number of aryl methyl sites for hydroxylation is 1. The second kappa shape index (κ2) is 10.7. The van der Waals surface area contributed by atoms with Crippen molar-refractivity contribution < 1.29 is 14.3 Å². The van der Waals surface area contributed by atoms with Crippen LogP contribution in [0.25, 0.3) is 0 Å². The first-order chi connectivity index (χ1) is 11.6. The number of hydrogen-bond donors (Lipinski definition) is 1. The van der Waals surface area contributed by atoms with Gasteiger partial charge in [0.15, 0.2) is 0 Å². The van der Waals surface area contributed by atoms with E-state index in [0.717, 1.165) is 29.8 Å². The van der Waals surface area contributed by atoms with E-state index in [1.54, 1.807) is 0 Å². The lowest BCUT2D eigenvalue weighted by Crippen LogP contribution is -2.33. The largest absolute Gasteiger partial charge is 0.493 e. The summed E-state index contributed by atoms with van der Waals surface area (Å²) in [6.45, 7) is 2.68. The molecule has 1 aromatic heterocycles. The van der Waals surface area contributed by atoms with E-state index in [0.29, 0.717) is 13.0 Å². The minimum absolute atomic E-state index is 0. The van der Waals surface area contributed by atoms with Crippen LogP contribution >= 0.6 is 12.4 Å². The van der Waals surface area contributed by atoms with Gasteiger partial charge in [0.05, 0.1) is 13.7 Å². The van der Waals surface area contributed by atoms with Gasteiger partial charge in [-0.25, -0.2) is 0 Å². The van der Waals surface area contributed by atoms with E-state index in [4.69, 9.17) is 10.5 Å². The fourth-order valence-electron chi connectivity index (χ4n) is 2.30. The van der Waals surface area contributed by atoms with Crippen molar-refractivity contribution >= 4 is 18.4 Å². The lowest BCUT2D eigenvalue weighted by atomic mass is 10.1. The first-order valence-corrected chi connectivity index (χ1v) is 8.11. The number of nitrogens with zero attached hydrogens (tertiary/aromatic N) is 1. The van der Waals surface area contributed by atoms with Gasteiger partial charge in [-0.2, -0.15) is 0 Å². The summed E-state index contributed by atoms with van der Waals surface area (Å²) in [5, 5.41) is 0. The molecule has 0 aliphatic rings. The number of halogens is 1. The van der Waals surface area contributed by atoms with Crippen LogP contribution in [0.5, 0.6) is 5.75 Å². The van der Waals surface area contributed by atoms with Crippen molar-refractivity contribution in [3.8, 4) is 5.75 Å². The van der Waals surface area contributed by atoms with Crippen molar-refractivity contribution in [3.05, 3.63) is 59.4 Å². The van der Waals surface area contributed by atoms with Crippen molar-refractivity contribution in [2.45, 2.75) is 32.2 Å². The average Bonchev–Trinajstić information content (AvgIpc) is 2.63. The quantitative estimate of drug-likeness (QED) is 0.729. The van der Waals surface area contributed by atoms with Crippen LogP contribution in [0, 0.1) is 0 Å². The molecule has 0 radical (unpaired) electrons. The Morgan fingerprint density at radius 3 is 2.40 bits per heavy atom. The predicted molar refractivity (Wildman–Crippen MR) is 100 cm³/mol. The van der Waals surface area contributed by atoms with Crippen molar-refractivity contribution in [1.82, 2.24) is 4.98 Å². The summed E-state index contributed by atoms with van der Waals surface area (Å²) in [4.78, 5) is 15.7. The number of carbonyl (C=O) groups excluding carboxylic acids is 1. The van der Waals surface area contributed by atoms with E-state index in [9.17, 15) is 4.79 Å². The number of carbonyl (C=O) groups is 1. The molecule has 6 heteroatoms. The van der Waals surface area contributed by atoms with Gasteiger partial charge in [-0.05, 0) is 42.2 Å². The highest BCUT2D eigenvalue weighted by Crippen LogP contribution is 2.14. The van der Waals surface area contributed by atoms with E-state index in [1.807, 2.05) is 36.5 Å². The van der Waals surface area contributed by atoms with Gasteiger partial charge in [-0.15, -0.1) is 12.4 Å². The number of ether oxygens (including phenoxy) is 2. The fraction of sp³-hybridized carbons (Fsp3) is 0.368. The second-order valence-electron chi connectivity index (χ2n) is 5.59. The molecule has 0 spiro atoms. The molecule has 0 fully saturated rings. The molecule has 2 N–H and O–H groups in total. The zero-order chi connectivity index (χ0) is 17.4. The number of aromatic nitrogens is 1. The normalized spacial score (nSPS) is 11.3. The van der Waals surface area contributed by atoms with Gasteiger partial charge in [-0.3, -0.25) is 9.78 Å². The summed E-state index contributed by atoms with van der Waals surface area (Å²) in [7, 11) is 1.34. The molecule has 136 valence electrons. The average molecular weight is 365 g/mol. The third-order valence-corrected chi connectivity index (χ3v) is 3.80. The Labute approximate surface area is 155 Å². The summed E-state index contributed by atoms with van der Waals surface area (Å²) < 4.78 is 10.4. The van der Waals surface area contributed by atoms with Crippen molar-refractivity contribution in [2.75, 3.05) is 13.7 Å². The van der Waals surface area contributed by atoms with Gasteiger partial charge in [0.2, 0.25) is 0 Å². The third kappa shape index (κ3) is 6.72. The Morgan fingerprint density at radius 2 is 1.84 bits per heavy atom. The molecular formula is C19H25ClN2O3. The van der Waals surface area contributed by atoms with E-state index in [2.05, 4.69) is 22.7 Å². The Hall–Kier alpha value is -2.11. The van der Waals surface area contributed by atoms with Crippen LogP contribution in [-0.4, -0.2) is 30.7 Å². The number of nitrogens with two attached hydrogens (primary N) is 1. The van der Waals surface area contributed by atoms with Crippen molar-refractivity contribution in [1.29, 1.82) is 0 Å². The van der Waals surface area contributed by atoms with E-state index in [1.165, 1.54) is 12.7 Å². The van der Waals surface area contributed by atoms with Crippen molar-refractivity contribution in [2.24, 2.45) is 5.73 Å². The molecule has 2 rings (SSSR count). The van der Waals surface area contributed by atoms with E-state index < -0.39 is 12.0 Å². The SMILES string of the molecule is CCc1ccc(CCOc2ccc(CC(N)C(=O)OC)cc2)nc1.Cl. The van der Waals surface area contributed by atoms with Gasteiger partial charge in [0.25, 0.3) is 0 Å². The Morgan fingerprint density at radius 1 is 1.16 bits per heavy atom. The molecule has 25 heavy (non-hydrogen) atoms. The summed E-state index contributed by atoms with van der Waals surface area (Å²) in [6.07, 6.45) is 4.12. The number of rotatable bonds is 8. The van der Waals surface area contributed by atoms with Gasteiger partial charge in [0, 0.05) is 18.3 Å². The highest BCUT2D eigenvalue weighted by atomic mass is 35.5. The third-order valence-electron chi connectivity index (χ3n) is 3.80. The smallest absolute Gasteiger partial charge is 0.322 e. The summed E-state index contributed by atoms with van der Waals surface area (Å²) in [5.41, 5.74) is 8.98. The number of hydrogen-bond acceptors (Lipinski definition) is 5. The zero-order valence-electron chi connectivity index (χ0n) is 14.6. The minimum atomic E-state index is -0.640. The maximum absolute atomic E-state index is 11.3. The Kier molecular flexibility index (Phi) is 8.95. The summed E-state index contributed by atoms with van der Waals surface area (Å²) >= 11 is 0. The first kappa shape index (κ1) is 20.9.